The van der Waals surface area contributed by atoms with Gasteiger partial charge in [-0.15, -0.1) is 0 Å². The molecular weight excluding hydrogens is 321 g/mol. The van der Waals surface area contributed by atoms with Crippen molar-refractivity contribution in [3.05, 3.63) is 59.9 Å². The molecule has 1 atom stereocenters. The first-order chi connectivity index (χ1) is 12.0. The molecule has 1 N–H and O–H groups in total. The van der Waals surface area contributed by atoms with Crippen LogP contribution in [0.1, 0.15) is 12.0 Å². The van der Waals surface area contributed by atoms with Crippen molar-refractivity contribution >= 4 is 23.3 Å². The first-order valence-corrected chi connectivity index (χ1v) is 8.20. The molecule has 2 aliphatic heterocycles. The zero-order chi connectivity index (χ0) is 17.6. The SMILES string of the molecule is CN1C(=O)C2(CCN(C(=O)Nc3cccc(F)c3)C2)c2ccccc21. The molecule has 2 aromatic rings. The molecule has 2 aromatic carbocycles. The van der Waals surface area contributed by atoms with Crippen molar-refractivity contribution in [3.8, 4) is 0 Å². The van der Waals surface area contributed by atoms with Crippen LogP contribution in [0.2, 0.25) is 0 Å². The van der Waals surface area contributed by atoms with Crippen LogP contribution in [0.4, 0.5) is 20.6 Å². The number of nitrogens with zero attached hydrogens (tertiary/aromatic N) is 2. The van der Waals surface area contributed by atoms with Gasteiger partial charge >= 0.3 is 6.03 Å². The molecule has 0 saturated carbocycles. The van der Waals surface area contributed by atoms with E-state index in [1.807, 2.05) is 24.3 Å². The topological polar surface area (TPSA) is 52.7 Å². The summed E-state index contributed by atoms with van der Waals surface area (Å²) < 4.78 is 13.3. The standard InChI is InChI=1S/C19H18FN3O2/c1-22-16-8-3-2-7-15(16)19(17(22)24)9-10-23(12-19)18(25)21-14-6-4-5-13(20)11-14/h2-8,11H,9-10,12H2,1H3,(H,21,25). The Hall–Kier alpha value is -2.89. The maximum Gasteiger partial charge on any atom is 0.321 e. The van der Waals surface area contributed by atoms with Gasteiger partial charge in [0.05, 0.1) is 5.41 Å². The fraction of sp³-hybridized carbons (Fsp3) is 0.263. The van der Waals surface area contributed by atoms with E-state index < -0.39 is 11.2 Å². The molecule has 1 spiro atoms. The lowest BCUT2D eigenvalue weighted by molar-refractivity contribution is -0.122. The Morgan fingerprint density at radius 2 is 2.00 bits per heavy atom. The van der Waals surface area contributed by atoms with Crippen LogP contribution in [0.5, 0.6) is 0 Å². The van der Waals surface area contributed by atoms with E-state index in [2.05, 4.69) is 5.32 Å². The second-order valence-electron chi connectivity index (χ2n) is 6.58. The number of rotatable bonds is 1. The lowest BCUT2D eigenvalue weighted by atomic mass is 9.81. The number of fused-ring (bicyclic) bond motifs is 2. The van der Waals surface area contributed by atoms with Gasteiger partial charge in [0, 0.05) is 31.5 Å². The summed E-state index contributed by atoms with van der Waals surface area (Å²) in [5.74, 6) is -0.382. The van der Waals surface area contributed by atoms with Crippen LogP contribution in [0, 0.1) is 5.82 Å². The minimum atomic E-state index is -0.676. The highest BCUT2D eigenvalue weighted by atomic mass is 19.1. The van der Waals surface area contributed by atoms with Crippen LogP contribution < -0.4 is 10.2 Å². The molecule has 2 aliphatic rings. The van der Waals surface area contributed by atoms with E-state index >= 15 is 0 Å². The number of halogens is 1. The number of hydrogen-bond donors (Lipinski definition) is 1. The van der Waals surface area contributed by atoms with Gasteiger partial charge in [0.15, 0.2) is 0 Å². The van der Waals surface area contributed by atoms with Crippen molar-refractivity contribution in [3.63, 3.8) is 0 Å². The van der Waals surface area contributed by atoms with E-state index in [0.29, 0.717) is 25.2 Å². The van der Waals surface area contributed by atoms with Crippen LogP contribution in [-0.4, -0.2) is 37.0 Å². The van der Waals surface area contributed by atoms with Crippen LogP contribution in [0.3, 0.4) is 0 Å². The minimum Gasteiger partial charge on any atom is -0.323 e. The third kappa shape index (κ3) is 2.36. The molecule has 1 saturated heterocycles. The fourth-order valence-corrected chi connectivity index (χ4v) is 3.86. The second-order valence-corrected chi connectivity index (χ2v) is 6.58. The van der Waals surface area contributed by atoms with Gasteiger partial charge in [-0.1, -0.05) is 24.3 Å². The molecule has 6 heteroatoms. The number of benzene rings is 2. The molecule has 2 heterocycles. The maximum atomic E-state index is 13.3. The zero-order valence-corrected chi connectivity index (χ0v) is 13.8. The van der Waals surface area contributed by atoms with Gasteiger partial charge in [-0.25, -0.2) is 9.18 Å². The van der Waals surface area contributed by atoms with Crippen LogP contribution >= 0.6 is 0 Å². The molecule has 1 fully saturated rings. The fourth-order valence-electron chi connectivity index (χ4n) is 3.86. The van der Waals surface area contributed by atoms with Gasteiger partial charge in [0.25, 0.3) is 0 Å². The Balaban J connectivity index is 1.57. The molecule has 25 heavy (non-hydrogen) atoms. The van der Waals surface area contributed by atoms with E-state index in [9.17, 15) is 14.0 Å². The highest BCUT2D eigenvalue weighted by Gasteiger charge is 2.54. The lowest BCUT2D eigenvalue weighted by Gasteiger charge is -2.23. The van der Waals surface area contributed by atoms with E-state index in [1.165, 1.54) is 12.1 Å². The van der Waals surface area contributed by atoms with Gasteiger partial charge in [-0.3, -0.25) is 4.79 Å². The number of nitrogens with one attached hydrogen (secondary N) is 1. The molecule has 0 aliphatic carbocycles. The van der Waals surface area contributed by atoms with Gasteiger partial charge < -0.3 is 15.1 Å². The van der Waals surface area contributed by atoms with Crippen LogP contribution in [0.25, 0.3) is 0 Å². The molecule has 0 aromatic heterocycles. The van der Waals surface area contributed by atoms with Crippen molar-refractivity contribution in [2.24, 2.45) is 0 Å². The lowest BCUT2D eigenvalue weighted by Crippen LogP contribution is -2.42. The van der Waals surface area contributed by atoms with Crippen molar-refractivity contribution in [2.75, 3.05) is 30.4 Å². The van der Waals surface area contributed by atoms with Gasteiger partial charge in [0.2, 0.25) is 5.91 Å². The molecule has 3 amide bonds. The Morgan fingerprint density at radius 1 is 1.20 bits per heavy atom. The number of urea groups is 1. The Labute approximate surface area is 145 Å². The van der Waals surface area contributed by atoms with Crippen LogP contribution in [-0.2, 0) is 10.2 Å². The third-order valence-corrected chi connectivity index (χ3v) is 5.13. The molecule has 4 rings (SSSR count). The Morgan fingerprint density at radius 3 is 2.80 bits per heavy atom. The van der Waals surface area contributed by atoms with E-state index in [-0.39, 0.29) is 11.9 Å². The second kappa shape index (κ2) is 5.58. The van der Waals surface area contributed by atoms with Crippen molar-refractivity contribution in [1.29, 1.82) is 0 Å². The monoisotopic (exact) mass is 339 g/mol. The smallest absolute Gasteiger partial charge is 0.321 e. The number of likely N-dealkylation sites (N-methyl/N-ethyl adjacent to an activating group) is 1. The van der Waals surface area contributed by atoms with E-state index in [4.69, 9.17) is 0 Å². The molecule has 128 valence electrons. The van der Waals surface area contributed by atoms with Crippen molar-refractivity contribution < 1.29 is 14.0 Å². The number of hydrogen-bond acceptors (Lipinski definition) is 2. The van der Waals surface area contributed by atoms with Crippen molar-refractivity contribution in [1.82, 2.24) is 4.90 Å². The Bertz CT molecular complexity index is 869. The molecule has 5 nitrogen and oxygen atoms in total. The quantitative estimate of drug-likeness (QED) is 0.868. The Kier molecular flexibility index (Phi) is 3.49. The maximum absolute atomic E-state index is 13.3. The summed E-state index contributed by atoms with van der Waals surface area (Å²) in [6, 6.07) is 13.2. The third-order valence-electron chi connectivity index (χ3n) is 5.13. The minimum absolute atomic E-state index is 0.0229. The number of para-hydroxylation sites is 1. The van der Waals surface area contributed by atoms with Crippen molar-refractivity contribution in [2.45, 2.75) is 11.8 Å². The largest absolute Gasteiger partial charge is 0.323 e. The number of anilines is 2. The summed E-state index contributed by atoms with van der Waals surface area (Å²) in [6.45, 7) is 0.809. The summed E-state index contributed by atoms with van der Waals surface area (Å²) in [4.78, 5) is 28.7. The first kappa shape index (κ1) is 15.6. The van der Waals surface area contributed by atoms with Crippen LogP contribution in [0.15, 0.2) is 48.5 Å². The molecular formula is C19H18FN3O2. The average Bonchev–Trinajstić information content (AvgIpc) is 3.14. The number of amides is 3. The summed E-state index contributed by atoms with van der Waals surface area (Å²) in [6.07, 6.45) is 0.587. The van der Waals surface area contributed by atoms with Gasteiger partial charge in [-0.2, -0.15) is 0 Å². The summed E-state index contributed by atoms with van der Waals surface area (Å²) in [7, 11) is 1.77. The van der Waals surface area contributed by atoms with E-state index in [1.54, 1.807) is 29.0 Å². The average molecular weight is 339 g/mol. The zero-order valence-electron chi connectivity index (χ0n) is 13.8. The summed E-state index contributed by atoms with van der Waals surface area (Å²) in [5.41, 5.74) is 1.61. The number of carbonyl (C=O) groups is 2. The first-order valence-electron chi connectivity index (χ1n) is 8.20. The summed E-state index contributed by atoms with van der Waals surface area (Å²) in [5, 5.41) is 2.70. The van der Waals surface area contributed by atoms with Gasteiger partial charge in [-0.05, 0) is 36.2 Å². The highest BCUT2D eigenvalue weighted by molar-refractivity contribution is 6.08. The van der Waals surface area contributed by atoms with E-state index in [0.717, 1.165) is 11.3 Å². The summed E-state index contributed by atoms with van der Waals surface area (Å²) >= 11 is 0. The predicted octanol–water partition coefficient (Wildman–Crippen LogP) is 2.98. The molecule has 0 radical (unpaired) electrons. The predicted molar refractivity (Wildman–Crippen MR) is 93.1 cm³/mol. The number of carbonyl (C=O) groups excluding carboxylic acids is 2. The molecule has 1 unspecified atom stereocenters. The normalized spacial score (nSPS) is 21.8. The van der Waals surface area contributed by atoms with Gasteiger partial charge in [0.1, 0.15) is 5.82 Å². The molecule has 0 bridgehead atoms. The number of likely N-dealkylation sites (tertiary alicyclic amines) is 1. The highest BCUT2D eigenvalue weighted by Crippen LogP contribution is 2.46.